The van der Waals surface area contributed by atoms with E-state index in [1.54, 1.807) is 13.8 Å². The third kappa shape index (κ3) is 6.81. The van der Waals surface area contributed by atoms with Crippen LogP contribution in [0.3, 0.4) is 0 Å². The lowest BCUT2D eigenvalue weighted by Crippen LogP contribution is -2.49. The first-order chi connectivity index (χ1) is 18.9. The number of sulfonamides is 1. The van der Waals surface area contributed by atoms with Gasteiger partial charge in [0, 0.05) is 76.3 Å². The Labute approximate surface area is 237 Å². The Kier molecular flexibility index (Phi) is 9.16. The van der Waals surface area contributed by atoms with Gasteiger partial charge in [-0.25, -0.2) is 27.1 Å². The molecule has 40 heavy (non-hydrogen) atoms. The summed E-state index contributed by atoms with van der Waals surface area (Å²) in [6.07, 6.45) is -0.648. The van der Waals surface area contributed by atoms with Crippen LogP contribution in [-0.2, 0) is 16.4 Å². The van der Waals surface area contributed by atoms with E-state index in [4.69, 9.17) is 20.8 Å². The Morgan fingerprint density at radius 2 is 1.95 bits per heavy atom. The maximum Gasteiger partial charge on any atom is 0.414 e. The van der Waals surface area contributed by atoms with E-state index in [2.05, 4.69) is 14.9 Å². The summed E-state index contributed by atoms with van der Waals surface area (Å²) in [6, 6.07) is 6.19. The molecule has 10 nitrogen and oxygen atoms in total. The molecule has 1 aliphatic heterocycles. The molecule has 0 spiro atoms. The summed E-state index contributed by atoms with van der Waals surface area (Å²) in [5, 5.41) is 3.90. The van der Waals surface area contributed by atoms with Crippen molar-refractivity contribution < 1.29 is 26.8 Å². The molecule has 1 saturated heterocycles. The van der Waals surface area contributed by atoms with E-state index in [0.717, 1.165) is 32.2 Å². The van der Waals surface area contributed by atoms with Gasteiger partial charge in [0.15, 0.2) is 5.75 Å². The van der Waals surface area contributed by atoms with Gasteiger partial charge in [0.25, 0.3) is 0 Å². The monoisotopic (exact) mass is 594 g/mol. The van der Waals surface area contributed by atoms with E-state index >= 15 is 0 Å². The van der Waals surface area contributed by atoms with Gasteiger partial charge in [-0.05, 0) is 43.2 Å². The minimum Gasteiger partial charge on any atom is -0.422 e. The lowest BCUT2D eigenvalue weighted by Gasteiger charge is -2.29. The Morgan fingerprint density at radius 1 is 1.25 bits per heavy atom. The normalized spacial score (nSPS) is 15.2. The molecule has 1 unspecified atom stereocenters. The zero-order chi connectivity index (χ0) is 29.2. The highest BCUT2D eigenvalue weighted by atomic mass is 35.5. The molecule has 1 aliphatic rings. The second-order valence-corrected chi connectivity index (χ2v) is 12.1. The predicted octanol–water partition coefficient (Wildman–Crippen LogP) is 3.12. The number of rotatable bonds is 8. The largest absolute Gasteiger partial charge is 0.422 e. The Balaban J connectivity index is 1.60. The topological polar surface area (TPSA) is 121 Å². The van der Waals surface area contributed by atoms with Crippen molar-refractivity contribution in [1.82, 2.24) is 19.8 Å². The third-order valence-electron chi connectivity index (χ3n) is 6.67. The van der Waals surface area contributed by atoms with Crippen molar-refractivity contribution in [1.29, 1.82) is 0 Å². The van der Waals surface area contributed by atoms with Crippen molar-refractivity contribution in [2.24, 2.45) is 0 Å². The SMILES string of the molecule is Cc1c(Cc2ccc(F)c(S(=O)(=O)NC(C)CN3CCNCC3)c2)c(=O)oc2cc(OC(=O)N(C)C)c(Cl)cc12. The van der Waals surface area contributed by atoms with Crippen molar-refractivity contribution in [3.05, 3.63) is 68.3 Å². The van der Waals surface area contributed by atoms with Gasteiger partial charge in [0.2, 0.25) is 10.0 Å². The quantitative estimate of drug-likeness (QED) is 0.382. The summed E-state index contributed by atoms with van der Waals surface area (Å²) in [5.41, 5.74) is 0.733. The van der Waals surface area contributed by atoms with E-state index in [0.29, 0.717) is 23.1 Å². The fourth-order valence-corrected chi connectivity index (χ4v) is 6.14. The van der Waals surface area contributed by atoms with Gasteiger partial charge < -0.3 is 19.4 Å². The summed E-state index contributed by atoms with van der Waals surface area (Å²) in [5.74, 6) is -0.852. The van der Waals surface area contributed by atoms with E-state index in [9.17, 15) is 22.4 Å². The number of halogens is 2. The van der Waals surface area contributed by atoms with Crippen LogP contribution in [0.25, 0.3) is 11.0 Å². The number of hydrogen-bond acceptors (Lipinski definition) is 8. The molecule has 1 aromatic heterocycles. The molecule has 2 aromatic carbocycles. The molecule has 4 rings (SSSR count). The molecule has 1 atom stereocenters. The first-order valence-corrected chi connectivity index (χ1v) is 14.6. The minimum absolute atomic E-state index is 0.00176. The average Bonchev–Trinajstić information content (AvgIpc) is 2.88. The second-order valence-electron chi connectivity index (χ2n) is 10.0. The zero-order valence-corrected chi connectivity index (χ0v) is 24.3. The van der Waals surface area contributed by atoms with Crippen molar-refractivity contribution in [2.75, 3.05) is 46.8 Å². The number of nitrogens with zero attached hydrogens (tertiary/aromatic N) is 2. The maximum absolute atomic E-state index is 14.7. The van der Waals surface area contributed by atoms with Crippen LogP contribution < -0.4 is 20.4 Å². The molecular formula is C27H32ClFN4O6S. The Bertz CT molecular complexity index is 1590. The summed E-state index contributed by atoms with van der Waals surface area (Å²) in [4.78, 5) is 27.8. The van der Waals surface area contributed by atoms with Crippen LogP contribution in [0.1, 0.15) is 23.6 Å². The fourth-order valence-electron chi connectivity index (χ4n) is 4.57. The highest BCUT2D eigenvalue weighted by Gasteiger charge is 2.24. The molecular weight excluding hydrogens is 563 g/mol. The molecule has 3 aromatic rings. The van der Waals surface area contributed by atoms with Crippen LogP contribution >= 0.6 is 11.6 Å². The molecule has 216 valence electrons. The number of carbonyl (C=O) groups is 1. The van der Waals surface area contributed by atoms with Gasteiger partial charge in [-0.15, -0.1) is 0 Å². The molecule has 2 N–H and O–H groups in total. The maximum atomic E-state index is 14.7. The zero-order valence-electron chi connectivity index (χ0n) is 22.7. The number of nitrogens with one attached hydrogen (secondary N) is 2. The molecule has 13 heteroatoms. The lowest BCUT2D eigenvalue weighted by atomic mass is 9.99. The molecule has 0 aliphatic carbocycles. The number of benzene rings is 2. The first-order valence-electron chi connectivity index (χ1n) is 12.7. The number of aryl methyl sites for hydroxylation is 1. The summed E-state index contributed by atoms with van der Waals surface area (Å²) in [7, 11) is -1.13. The number of hydrogen-bond donors (Lipinski definition) is 2. The minimum atomic E-state index is -4.17. The Morgan fingerprint density at radius 3 is 2.62 bits per heavy atom. The second kappa shape index (κ2) is 12.2. The molecule has 1 fully saturated rings. The molecule has 0 radical (unpaired) electrons. The lowest BCUT2D eigenvalue weighted by molar-refractivity contribution is 0.172. The molecule has 0 bridgehead atoms. The number of piperazine rings is 1. The van der Waals surface area contributed by atoms with E-state index in [-0.39, 0.29) is 28.3 Å². The van der Waals surface area contributed by atoms with Gasteiger partial charge in [-0.1, -0.05) is 17.7 Å². The van der Waals surface area contributed by atoms with Crippen molar-refractivity contribution in [3.8, 4) is 5.75 Å². The standard InChI is InChI=1S/C27H32ClFN4O6S/c1-16(15-33-9-7-30-8-10-33)31-40(36,37)25-12-18(5-6-22(25)29)11-20-17(2)19-13-21(28)24(39-27(35)32(3)4)14-23(19)38-26(20)34/h5-6,12-14,16,30-31H,7-11,15H2,1-4H3. The van der Waals surface area contributed by atoms with Crippen LogP contribution in [0.5, 0.6) is 5.75 Å². The van der Waals surface area contributed by atoms with Crippen LogP contribution in [-0.4, -0.2) is 77.2 Å². The number of fused-ring (bicyclic) bond motifs is 1. The van der Waals surface area contributed by atoms with Crippen LogP contribution in [0.2, 0.25) is 5.02 Å². The molecule has 2 heterocycles. The predicted molar refractivity (Wildman–Crippen MR) is 150 cm³/mol. The van der Waals surface area contributed by atoms with Crippen molar-refractivity contribution in [3.63, 3.8) is 0 Å². The van der Waals surface area contributed by atoms with Crippen molar-refractivity contribution in [2.45, 2.75) is 31.2 Å². The van der Waals surface area contributed by atoms with Crippen LogP contribution in [0, 0.1) is 12.7 Å². The highest BCUT2D eigenvalue weighted by Crippen LogP contribution is 2.33. The summed E-state index contributed by atoms with van der Waals surface area (Å²) in [6.45, 7) is 7.21. The third-order valence-corrected chi connectivity index (χ3v) is 8.57. The van der Waals surface area contributed by atoms with Gasteiger partial charge >= 0.3 is 11.7 Å². The van der Waals surface area contributed by atoms with Gasteiger partial charge in [0.05, 0.1) is 5.02 Å². The average molecular weight is 595 g/mol. The van der Waals surface area contributed by atoms with Crippen LogP contribution in [0.4, 0.5) is 9.18 Å². The number of carbonyl (C=O) groups excluding carboxylic acids is 1. The van der Waals surface area contributed by atoms with Gasteiger partial charge in [-0.2, -0.15) is 0 Å². The van der Waals surface area contributed by atoms with E-state index in [1.807, 2.05) is 0 Å². The first kappa shape index (κ1) is 29.9. The van der Waals surface area contributed by atoms with Crippen LogP contribution in [0.15, 0.2) is 44.4 Å². The van der Waals surface area contributed by atoms with E-state index < -0.39 is 38.5 Å². The number of amides is 1. The Hall–Kier alpha value is -3.03. The summed E-state index contributed by atoms with van der Waals surface area (Å²) < 4.78 is 54.2. The molecule has 0 saturated carbocycles. The fraction of sp³-hybridized carbons (Fsp3) is 0.407. The summed E-state index contributed by atoms with van der Waals surface area (Å²) >= 11 is 6.33. The van der Waals surface area contributed by atoms with Gasteiger partial charge in [-0.3, -0.25) is 4.90 Å². The molecule has 1 amide bonds. The van der Waals surface area contributed by atoms with E-state index in [1.165, 1.54) is 43.3 Å². The highest BCUT2D eigenvalue weighted by molar-refractivity contribution is 7.89. The smallest absolute Gasteiger partial charge is 0.414 e. The van der Waals surface area contributed by atoms with Gasteiger partial charge in [0.1, 0.15) is 16.3 Å². The number of ether oxygens (including phenoxy) is 1. The van der Waals surface area contributed by atoms with Crippen molar-refractivity contribution >= 4 is 38.7 Å².